The molecule has 0 aliphatic heterocycles. The molecule has 0 saturated carbocycles. The number of hydrogen-bond donors (Lipinski definition) is 1. The lowest BCUT2D eigenvalue weighted by atomic mass is 9.99. The predicted molar refractivity (Wildman–Crippen MR) is 142 cm³/mol. The van der Waals surface area contributed by atoms with Crippen molar-refractivity contribution in [3.05, 3.63) is 84.1 Å². The van der Waals surface area contributed by atoms with E-state index in [-0.39, 0.29) is 5.91 Å². The number of allylic oxidation sites excluding steroid dienone is 1. The summed E-state index contributed by atoms with van der Waals surface area (Å²) in [6, 6.07) is 19.7. The summed E-state index contributed by atoms with van der Waals surface area (Å²) >= 11 is 0. The average molecular weight is 470 g/mol. The molecule has 5 heteroatoms. The van der Waals surface area contributed by atoms with Gasteiger partial charge in [0.15, 0.2) is 0 Å². The van der Waals surface area contributed by atoms with Gasteiger partial charge in [0.25, 0.3) is 0 Å². The summed E-state index contributed by atoms with van der Waals surface area (Å²) in [5.41, 5.74) is 6.32. The number of hydrogen-bond acceptors (Lipinski definition) is 4. The molecule has 1 aromatic heterocycles. The zero-order valence-electron chi connectivity index (χ0n) is 20.7. The Labute approximate surface area is 206 Å². The van der Waals surface area contributed by atoms with Crippen molar-refractivity contribution in [1.29, 1.82) is 0 Å². The Kier molecular flexibility index (Phi) is 7.56. The van der Waals surface area contributed by atoms with E-state index in [2.05, 4.69) is 12.2 Å². The van der Waals surface area contributed by atoms with Crippen molar-refractivity contribution in [3.8, 4) is 22.6 Å². The van der Waals surface area contributed by atoms with E-state index in [1.54, 1.807) is 12.3 Å². The maximum atomic E-state index is 12.9. The second-order valence-electron chi connectivity index (χ2n) is 8.21. The molecular weight excluding hydrogens is 438 g/mol. The summed E-state index contributed by atoms with van der Waals surface area (Å²) in [4.78, 5) is 12.9. The highest BCUT2D eigenvalue weighted by atomic mass is 16.5. The molecule has 35 heavy (non-hydrogen) atoms. The van der Waals surface area contributed by atoms with E-state index in [1.807, 2.05) is 81.4 Å². The summed E-state index contributed by atoms with van der Waals surface area (Å²) in [6.45, 7) is 9.03. The Bertz CT molecular complexity index is 1350. The van der Waals surface area contributed by atoms with E-state index in [1.165, 1.54) is 0 Å². The second kappa shape index (κ2) is 11.0. The largest absolute Gasteiger partial charge is 0.494 e. The lowest BCUT2D eigenvalue weighted by Gasteiger charge is -2.12. The molecule has 5 nitrogen and oxygen atoms in total. The van der Waals surface area contributed by atoms with Crippen molar-refractivity contribution in [2.75, 3.05) is 18.5 Å². The molecule has 0 aliphatic carbocycles. The van der Waals surface area contributed by atoms with Crippen LogP contribution in [0.4, 0.5) is 5.69 Å². The maximum Gasteiger partial charge on any atom is 0.248 e. The van der Waals surface area contributed by atoms with E-state index in [0.29, 0.717) is 19.0 Å². The molecule has 0 bridgehead atoms. The van der Waals surface area contributed by atoms with Crippen LogP contribution < -0.4 is 14.8 Å². The number of ether oxygens (including phenoxy) is 2. The molecular formula is C30H31NO4. The third-order valence-corrected chi connectivity index (χ3v) is 5.88. The number of fused-ring (bicyclic) bond motifs is 1. The molecule has 3 aromatic carbocycles. The number of rotatable bonds is 9. The van der Waals surface area contributed by atoms with Gasteiger partial charge in [0, 0.05) is 34.3 Å². The van der Waals surface area contributed by atoms with E-state index in [4.69, 9.17) is 13.9 Å². The third kappa shape index (κ3) is 5.40. The highest BCUT2D eigenvalue weighted by molar-refractivity contribution is 6.05. The third-order valence-electron chi connectivity index (χ3n) is 5.88. The Balaban J connectivity index is 1.70. The molecule has 0 aliphatic rings. The number of para-hydroxylation sites is 1. The van der Waals surface area contributed by atoms with Gasteiger partial charge in [0.05, 0.1) is 19.5 Å². The molecule has 4 aromatic rings. The zero-order valence-corrected chi connectivity index (χ0v) is 20.7. The molecule has 0 atom stereocenters. The molecule has 180 valence electrons. The Morgan fingerprint density at radius 3 is 2.43 bits per heavy atom. The minimum absolute atomic E-state index is 0.176. The van der Waals surface area contributed by atoms with Crippen LogP contribution in [0.15, 0.2) is 77.4 Å². The van der Waals surface area contributed by atoms with Gasteiger partial charge in [-0.25, -0.2) is 0 Å². The van der Waals surface area contributed by atoms with E-state index in [9.17, 15) is 4.79 Å². The van der Waals surface area contributed by atoms with Crippen molar-refractivity contribution >= 4 is 28.1 Å². The number of anilines is 1. The number of carbonyl (C=O) groups is 1. The standard InChI is InChI=1S/C30H31NO4/c1-5-21-10-8-9-11-27(21)31-30(32)16-20(4)24-17-25-26(19-35-29(25)18-28(24)34-7-3)22-12-14-23(15-13-22)33-6-2/h8-19H,5-7H2,1-4H3,(H,31,32)/b20-16+. The highest BCUT2D eigenvalue weighted by Crippen LogP contribution is 2.38. The number of benzene rings is 3. The van der Waals surface area contributed by atoms with Gasteiger partial charge in [-0.05, 0) is 68.2 Å². The van der Waals surface area contributed by atoms with Gasteiger partial charge in [-0.15, -0.1) is 0 Å². The quantitative estimate of drug-likeness (QED) is 0.258. The van der Waals surface area contributed by atoms with Crippen molar-refractivity contribution in [2.24, 2.45) is 0 Å². The van der Waals surface area contributed by atoms with Gasteiger partial charge >= 0.3 is 0 Å². The summed E-state index contributed by atoms with van der Waals surface area (Å²) in [5, 5.41) is 3.97. The van der Waals surface area contributed by atoms with Crippen LogP contribution in [0.3, 0.4) is 0 Å². The minimum Gasteiger partial charge on any atom is -0.494 e. The average Bonchev–Trinajstić information content (AvgIpc) is 3.27. The fourth-order valence-electron chi connectivity index (χ4n) is 4.15. The topological polar surface area (TPSA) is 60.7 Å². The van der Waals surface area contributed by atoms with E-state index >= 15 is 0 Å². The van der Waals surface area contributed by atoms with Crippen LogP contribution in [0, 0.1) is 0 Å². The number of nitrogens with one attached hydrogen (secondary N) is 1. The molecule has 4 rings (SSSR count). The van der Waals surface area contributed by atoms with Crippen LogP contribution >= 0.6 is 0 Å². The van der Waals surface area contributed by atoms with Gasteiger partial charge in [0.2, 0.25) is 5.91 Å². The number of carbonyl (C=O) groups excluding carboxylic acids is 1. The Morgan fingerprint density at radius 2 is 1.71 bits per heavy atom. The zero-order chi connectivity index (χ0) is 24.8. The highest BCUT2D eigenvalue weighted by Gasteiger charge is 2.16. The summed E-state index contributed by atoms with van der Waals surface area (Å²) < 4.78 is 17.4. The van der Waals surface area contributed by atoms with Gasteiger partial charge in [0.1, 0.15) is 17.1 Å². The molecule has 0 radical (unpaired) electrons. The van der Waals surface area contributed by atoms with E-state index in [0.717, 1.165) is 56.7 Å². The Hall–Kier alpha value is -3.99. The fraction of sp³-hybridized carbons (Fsp3) is 0.233. The first-order chi connectivity index (χ1) is 17.0. The smallest absolute Gasteiger partial charge is 0.248 e. The molecule has 0 spiro atoms. The summed E-state index contributed by atoms with van der Waals surface area (Å²) in [5.74, 6) is 1.34. The molecule has 0 saturated heterocycles. The van der Waals surface area contributed by atoms with Crippen molar-refractivity contribution in [1.82, 2.24) is 0 Å². The van der Waals surface area contributed by atoms with Crippen LogP contribution in [0.2, 0.25) is 0 Å². The van der Waals surface area contributed by atoms with Crippen LogP contribution in [-0.2, 0) is 11.2 Å². The van der Waals surface area contributed by atoms with Crippen LogP contribution in [0.25, 0.3) is 27.7 Å². The number of furan rings is 1. The SMILES string of the molecule is CCOc1ccc(-c2coc3cc(OCC)c(/C(C)=C/C(=O)Nc4ccccc4CC)cc23)cc1. The van der Waals surface area contributed by atoms with Crippen LogP contribution in [0.1, 0.15) is 38.8 Å². The predicted octanol–water partition coefficient (Wildman–Crippen LogP) is 7.50. The number of aryl methyl sites for hydroxylation is 1. The van der Waals surface area contributed by atoms with Gasteiger partial charge < -0.3 is 19.2 Å². The van der Waals surface area contributed by atoms with Gasteiger partial charge in [-0.1, -0.05) is 37.3 Å². The maximum absolute atomic E-state index is 12.9. The lowest BCUT2D eigenvalue weighted by molar-refractivity contribution is -0.111. The Morgan fingerprint density at radius 1 is 0.971 bits per heavy atom. The molecule has 1 heterocycles. The van der Waals surface area contributed by atoms with Gasteiger partial charge in [-0.3, -0.25) is 4.79 Å². The molecule has 1 N–H and O–H groups in total. The molecule has 0 unspecified atom stereocenters. The first kappa shape index (κ1) is 24.1. The summed E-state index contributed by atoms with van der Waals surface area (Å²) in [6.07, 6.45) is 4.22. The van der Waals surface area contributed by atoms with Crippen molar-refractivity contribution in [3.63, 3.8) is 0 Å². The fourth-order valence-corrected chi connectivity index (χ4v) is 4.15. The monoisotopic (exact) mass is 469 g/mol. The summed E-state index contributed by atoms with van der Waals surface area (Å²) in [7, 11) is 0. The lowest BCUT2D eigenvalue weighted by Crippen LogP contribution is -2.10. The molecule has 1 amide bonds. The normalized spacial score (nSPS) is 11.5. The van der Waals surface area contributed by atoms with Gasteiger partial charge in [-0.2, -0.15) is 0 Å². The molecule has 0 fully saturated rings. The van der Waals surface area contributed by atoms with Crippen LogP contribution in [0.5, 0.6) is 11.5 Å². The van der Waals surface area contributed by atoms with Crippen molar-refractivity contribution in [2.45, 2.75) is 34.1 Å². The van der Waals surface area contributed by atoms with E-state index < -0.39 is 0 Å². The minimum atomic E-state index is -0.176. The number of amides is 1. The first-order valence-electron chi connectivity index (χ1n) is 12.0. The van der Waals surface area contributed by atoms with Crippen molar-refractivity contribution < 1.29 is 18.7 Å². The first-order valence-corrected chi connectivity index (χ1v) is 12.0. The van der Waals surface area contributed by atoms with Crippen LogP contribution in [-0.4, -0.2) is 19.1 Å². The second-order valence-corrected chi connectivity index (χ2v) is 8.21.